The Kier molecular flexibility index (Phi) is 4.34. The van der Waals surface area contributed by atoms with Crippen molar-refractivity contribution in [3.05, 3.63) is 57.3 Å². The lowest BCUT2D eigenvalue weighted by atomic mass is 10.1. The van der Waals surface area contributed by atoms with Crippen LogP contribution in [0.3, 0.4) is 0 Å². The summed E-state index contributed by atoms with van der Waals surface area (Å²) in [5.74, 6) is 0.859. The molecule has 0 amide bonds. The number of alkyl halides is 1. The number of hydrogen-bond acceptors (Lipinski definition) is 4. The van der Waals surface area contributed by atoms with Gasteiger partial charge in [0.2, 0.25) is 5.88 Å². The van der Waals surface area contributed by atoms with E-state index in [1.165, 1.54) is 6.07 Å². The van der Waals surface area contributed by atoms with Crippen LogP contribution in [0.4, 0.5) is 5.69 Å². The Morgan fingerprint density at radius 2 is 2.05 bits per heavy atom. The zero-order chi connectivity index (χ0) is 14.7. The fraction of sp³-hybridized carbons (Fsp3) is 0.214. The average molecular weight is 337 g/mol. The number of nitro groups is 1. The van der Waals surface area contributed by atoms with Gasteiger partial charge in [-0.1, -0.05) is 22.0 Å². The Hall–Kier alpha value is -1.95. The van der Waals surface area contributed by atoms with Crippen molar-refractivity contribution in [2.75, 3.05) is 0 Å². The number of ether oxygens (including phenoxy) is 1. The average Bonchev–Trinajstić information content (AvgIpc) is 2.42. The van der Waals surface area contributed by atoms with Crippen molar-refractivity contribution in [1.82, 2.24) is 4.98 Å². The first-order valence-electron chi connectivity index (χ1n) is 5.95. The lowest BCUT2D eigenvalue weighted by Gasteiger charge is -2.09. The summed E-state index contributed by atoms with van der Waals surface area (Å²) in [6, 6.07) is 6.79. The van der Waals surface area contributed by atoms with Gasteiger partial charge in [0.25, 0.3) is 5.69 Å². The van der Waals surface area contributed by atoms with E-state index in [1.807, 2.05) is 13.0 Å². The topological polar surface area (TPSA) is 65.3 Å². The minimum atomic E-state index is -0.414. The van der Waals surface area contributed by atoms with Crippen LogP contribution in [-0.4, -0.2) is 9.91 Å². The quantitative estimate of drug-likeness (QED) is 0.474. The third-order valence-corrected chi connectivity index (χ3v) is 3.50. The molecule has 0 N–H and O–H groups in total. The third kappa shape index (κ3) is 3.14. The van der Waals surface area contributed by atoms with Crippen LogP contribution in [0.1, 0.15) is 16.7 Å². The molecule has 0 bridgehead atoms. The Morgan fingerprint density at radius 3 is 2.60 bits per heavy atom. The molecule has 2 rings (SSSR count). The van der Waals surface area contributed by atoms with E-state index < -0.39 is 4.92 Å². The number of pyridine rings is 1. The van der Waals surface area contributed by atoms with Crippen LogP contribution in [0.25, 0.3) is 0 Å². The lowest BCUT2D eigenvalue weighted by Crippen LogP contribution is -1.96. The normalized spacial score (nSPS) is 10.3. The standard InChI is InChI=1S/C14H13BrN2O3/c1-9-5-10(2)13(6-12(9)17(18)19)20-14-4-3-11(7-15)8-16-14/h3-6,8H,7H2,1-2H3. The zero-order valence-corrected chi connectivity index (χ0v) is 12.7. The molecule has 6 heteroatoms. The molecule has 1 heterocycles. The largest absolute Gasteiger partial charge is 0.439 e. The molecule has 2 aromatic rings. The second-order valence-corrected chi connectivity index (χ2v) is 4.96. The summed E-state index contributed by atoms with van der Waals surface area (Å²) >= 11 is 3.34. The first kappa shape index (κ1) is 14.5. The molecule has 0 unspecified atom stereocenters. The molecule has 5 nitrogen and oxygen atoms in total. The van der Waals surface area contributed by atoms with Crippen LogP contribution in [0.15, 0.2) is 30.5 Å². The highest BCUT2D eigenvalue weighted by Gasteiger charge is 2.15. The number of aromatic nitrogens is 1. The number of rotatable bonds is 4. The third-order valence-electron chi connectivity index (χ3n) is 2.86. The minimum absolute atomic E-state index is 0.0441. The van der Waals surface area contributed by atoms with Crippen LogP contribution in [0, 0.1) is 24.0 Å². The van der Waals surface area contributed by atoms with E-state index in [9.17, 15) is 10.1 Å². The monoisotopic (exact) mass is 336 g/mol. The summed E-state index contributed by atoms with van der Waals surface area (Å²) in [5, 5.41) is 11.7. The van der Waals surface area contributed by atoms with E-state index in [0.717, 1.165) is 16.5 Å². The maximum absolute atomic E-state index is 11.0. The smallest absolute Gasteiger partial charge is 0.276 e. The van der Waals surface area contributed by atoms with Gasteiger partial charge in [-0.05, 0) is 31.0 Å². The van der Waals surface area contributed by atoms with E-state index in [2.05, 4.69) is 20.9 Å². The molecular formula is C14H13BrN2O3. The number of halogens is 1. The predicted molar refractivity (Wildman–Crippen MR) is 79.5 cm³/mol. The van der Waals surface area contributed by atoms with Gasteiger partial charge < -0.3 is 4.74 Å². The minimum Gasteiger partial charge on any atom is -0.439 e. The molecule has 1 aromatic carbocycles. The van der Waals surface area contributed by atoms with Gasteiger partial charge in [0, 0.05) is 23.2 Å². The maximum Gasteiger partial charge on any atom is 0.276 e. The SMILES string of the molecule is Cc1cc(C)c([N+](=O)[O-])cc1Oc1ccc(CBr)cn1. The van der Waals surface area contributed by atoms with Crippen LogP contribution in [0.5, 0.6) is 11.6 Å². The van der Waals surface area contributed by atoms with Crippen molar-refractivity contribution >= 4 is 21.6 Å². The fourth-order valence-corrected chi connectivity index (χ4v) is 2.12. The highest BCUT2D eigenvalue weighted by Crippen LogP contribution is 2.30. The van der Waals surface area contributed by atoms with Gasteiger partial charge in [-0.25, -0.2) is 4.98 Å². The van der Waals surface area contributed by atoms with Gasteiger partial charge in [0.15, 0.2) is 0 Å². The van der Waals surface area contributed by atoms with Gasteiger partial charge in [-0.3, -0.25) is 10.1 Å². The lowest BCUT2D eigenvalue weighted by molar-refractivity contribution is -0.385. The Bertz CT molecular complexity index is 642. The summed E-state index contributed by atoms with van der Waals surface area (Å²) in [7, 11) is 0. The molecule has 0 saturated carbocycles. The fourth-order valence-electron chi connectivity index (χ4n) is 1.79. The first-order valence-corrected chi connectivity index (χ1v) is 7.08. The molecule has 0 aliphatic carbocycles. The number of hydrogen-bond donors (Lipinski definition) is 0. The maximum atomic E-state index is 11.0. The van der Waals surface area contributed by atoms with Gasteiger partial charge in [0.05, 0.1) is 11.0 Å². The number of aryl methyl sites for hydroxylation is 2. The second-order valence-electron chi connectivity index (χ2n) is 4.40. The molecule has 0 atom stereocenters. The predicted octanol–water partition coefficient (Wildman–Crippen LogP) is 4.29. The van der Waals surface area contributed by atoms with Crippen molar-refractivity contribution < 1.29 is 9.66 Å². The number of nitrogens with zero attached hydrogens (tertiary/aromatic N) is 2. The Labute approximate surface area is 124 Å². The van der Waals surface area contributed by atoms with Crippen molar-refractivity contribution in [2.45, 2.75) is 19.2 Å². The van der Waals surface area contributed by atoms with Crippen LogP contribution < -0.4 is 4.74 Å². The molecule has 104 valence electrons. The van der Waals surface area contributed by atoms with Crippen LogP contribution >= 0.6 is 15.9 Å². The van der Waals surface area contributed by atoms with Crippen molar-refractivity contribution in [3.63, 3.8) is 0 Å². The van der Waals surface area contributed by atoms with Crippen LogP contribution in [0.2, 0.25) is 0 Å². The van der Waals surface area contributed by atoms with Gasteiger partial charge in [0.1, 0.15) is 5.75 Å². The van der Waals surface area contributed by atoms with Crippen molar-refractivity contribution in [3.8, 4) is 11.6 Å². The molecule has 20 heavy (non-hydrogen) atoms. The summed E-state index contributed by atoms with van der Waals surface area (Å²) in [5.41, 5.74) is 2.52. The molecule has 0 fully saturated rings. The molecule has 0 saturated heterocycles. The molecule has 0 aliphatic heterocycles. The first-order chi connectivity index (χ1) is 9.51. The molecular weight excluding hydrogens is 324 g/mol. The molecule has 0 radical (unpaired) electrons. The molecule has 0 spiro atoms. The van der Waals surface area contributed by atoms with Gasteiger partial charge >= 0.3 is 0 Å². The van der Waals surface area contributed by atoms with Gasteiger partial charge in [-0.15, -0.1) is 0 Å². The Morgan fingerprint density at radius 1 is 1.30 bits per heavy atom. The number of nitro benzene ring substituents is 1. The molecule has 0 aliphatic rings. The zero-order valence-electron chi connectivity index (χ0n) is 11.1. The van der Waals surface area contributed by atoms with E-state index in [4.69, 9.17) is 4.74 Å². The summed E-state index contributed by atoms with van der Waals surface area (Å²) in [6.07, 6.45) is 1.70. The van der Waals surface area contributed by atoms with Crippen molar-refractivity contribution in [1.29, 1.82) is 0 Å². The van der Waals surface area contributed by atoms with Crippen molar-refractivity contribution in [2.24, 2.45) is 0 Å². The van der Waals surface area contributed by atoms with E-state index >= 15 is 0 Å². The summed E-state index contributed by atoms with van der Waals surface area (Å²) in [6.45, 7) is 3.55. The Balaban J connectivity index is 2.32. The van der Waals surface area contributed by atoms with Crippen LogP contribution in [-0.2, 0) is 5.33 Å². The highest BCUT2D eigenvalue weighted by atomic mass is 79.9. The summed E-state index contributed by atoms with van der Waals surface area (Å²) < 4.78 is 5.62. The highest BCUT2D eigenvalue weighted by molar-refractivity contribution is 9.08. The van der Waals surface area contributed by atoms with E-state index in [-0.39, 0.29) is 5.69 Å². The molecule has 1 aromatic heterocycles. The van der Waals surface area contributed by atoms with Gasteiger partial charge in [-0.2, -0.15) is 0 Å². The second kappa shape index (κ2) is 6.00. The summed E-state index contributed by atoms with van der Waals surface area (Å²) in [4.78, 5) is 14.7. The van der Waals surface area contributed by atoms with E-state index in [1.54, 1.807) is 25.3 Å². The number of benzene rings is 1. The van der Waals surface area contributed by atoms with E-state index in [0.29, 0.717) is 17.2 Å².